The Morgan fingerprint density at radius 2 is 2.10 bits per heavy atom. The summed E-state index contributed by atoms with van der Waals surface area (Å²) in [6.45, 7) is 4.88. The lowest BCUT2D eigenvalue weighted by molar-refractivity contribution is 0.174. The lowest BCUT2D eigenvalue weighted by Gasteiger charge is -2.16. The Hall–Kier alpha value is -1.13. The van der Waals surface area contributed by atoms with Crippen LogP contribution in [0.15, 0.2) is 28.7 Å². The number of aliphatic hydroxyl groups excluding tert-OH is 1. The van der Waals surface area contributed by atoms with E-state index in [0.29, 0.717) is 12.3 Å². The van der Waals surface area contributed by atoms with E-state index in [2.05, 4.69) is 46.2 Å². The van der Waals surface area contributed by atoms with E-state index in [9.17, 15) is 5.11 Å². The molecule has 1 aromatic carbocycles. The molecule has 1 aliphatic rings. The second-order valence-electron chi connectivity index (χ2n) is 5.78. The summed E-state index contributed by atoms with van der Waals surface area (Å²) in [7, 11) is 0. The molecule has 1 saturated carbocycles. The first-order chi connectivity index (χ1) is 10.1. The van der Waals surface area contributed by atoms with Crippen molar-refractivity contribution >= 4 is 15.9 Å². The Kier molecular flexibility index (Phi) is 4.18. The largest absolute Gasteiger partial charge is 0.388 e. The van der Waals surface area contributed by atoms with Crippen molar-refractivity contribution < 1.29 is 5.11 Å². The number of hydrogen-bond acceptors (Lipinski definition) is 2. The first-order valence-corrected chi connectivity index (χ1v) is 8.39. The molecule has 0 aliphatic heterocycles. The zero-order chi connectivity index (χ0) is 15.0. The van der Waals surface area contributed by atoms with Crippen LogP contribution in [0.1, 0.15) is 54.3 Å². The highest BCUT2D eigenvalue weighted by molar-refractivity contribution is 9.10. The van der Waals surface area contributed by atoms with Gasteiger partial charge >= 0.3 is 0 Å². The van der Waals surface area contributed by atoms with Crippen molar-refractivity contribution in [3.63, 3.8) is 0 Å². The fourth-order valence-electron chi connectivity index (χ4n) is 2.94. The van der Waals surface area contributed by atoms with E-state index < -0.39 is 6.10 Å². The Morgan fingerprint density at radius 1 is 1.38 bits per heavy atom. The number of aromatic nitrogens is 2. The molecule has 21 heavy (non-hydrogen) atoms. The van der Waals surface area contributed by atoms with E-state index in [1.54, 1.807) is 0 Å². The first kappa shape index (κ1) is 14.8. The normalized spacial score (nSPS) is 16.2. The summed E-state index contributed by atoms with van der Waals surface area (Å²) in [6, 6.07) is 8.31. The van der Waals surface area contributed by atoms with Crippen LogP contribution in [-0.2, 0) is 13.0 Å². The van der Waals surface area contributed by atoms with Crippen molar-refractivity contribution in [1.82, 2.24) is 9.78 Å². The lowest BCUT2D eigenvalue weighted by Crippen LogP contribution is -2.10. The molecule has 1 fully saturated rings. The third kappa shape index (κ3) is 2.92. The van der Waals surface area contributed by atoms with Crippen molar-refractivity contribution in [2.24, 2.45) is 0 Å². The third-order valence-electron chi connectivity index (χ3n) is 4.21. The van der Waals surface area contributed by atoms with Gasteiger partial charge in [-0.15, -0.1) is 0 Å². The van der Waals surface area contributed by atoms with Crippen molar-refractivity contribution in [3.8, 4) is 0 Å². The molecule has 0 spiro atoms. The minimum absolute atomic E-state index is 0.473. The molecule has 0 saturated heterocycles. The smallest absolute Gasteiger partial charge is 0.0848 e. The summed E-state index contributed by atoms with van der Waals surface area (Å²) < 4.78 is 3.00. The predicted octanol–water partition coefficient (Wildman–Crippen LogP) is 4.13. The average molecular weight is 349 g/mol. The van der Waals surface area contributed by atoms with Crippen molar-refractivity contribution in [2.45, 2.75) is 51.7 Å². The van der Waals surface area contributed by atoms with E-state index in [4.69, 9.17) is 0 Å². The molecule has 2 aromatic rings. The third-order valence-corrected chi connectivity index (χ3v) is 5.24. The van der Waals surface area contributed by atoms with Gasteiger partial charge in [-0.2, -0.15) is 5.10 Å². The number of nitrogens with zero attached hydrogens (tertiary/aromatic N) is 2. The van der Waals surface area contributed by atoms with Gasteiger partial charge in [0.2, 0.25) is 0 Å². The summed E-state index contributed by atoms with van der Waals surface area (Å²) in [4.78, 5) is 0. The number of halogens is 1. The Balaban J connectivity index is 1.88. The average Bonchev–Trinajstić information content (AvgIpc) is 3.30. The molecule has 3 rings (SSSR count). The molecule has 1 aliphatic carbocycles. The number of rotatable bonds is 5. The van der Waals surface area contributed by atoms with Crippen LogP contribution in [0.2, 0.25) is 0 Å². The topological polar surface area (TPSA) is 38.0 Å². The first-order valence-electron chi connectivity index (χ1n) is 7.60. The Labute approximate surface area is 134 Å². The van der Waals surface area contributed by atoms with E-state index >= 15 is 0 Å². The van der Waals surface area contributed by atoms with Crippen LogP contribution >= 0.6 is 15.9 Å². The minimum Gasteiger partial charge on any atom is -0.388 e. The Morgan fingerprint density at radius 3 is 2.76 bits per heavy atom. The molecule has 1 atom stereocenters. The van der Waals surface area contributed by atoms with Gasteiger partial charge in [-0.3, -0.25) is 4.68 Å². The van der Waals surface area contributed by atoms with Gasteiger partial charge in [0.05, 0.1) is 22.0 Å². The molecule has 112 valence electrons. The lowest BCUT2D eigenvalue weighted by atomic mass is 9.96. The maximum absolute atomic E-state index is 10.7. The predicted molar refractivity (Wildman–Crippen MR) is 87.4 cm³/mol. The van der Waals surface area contributed by atoms with Gasteiger partial charge in [0.25, 0.3) is 0 Å². The van der Waals surface area contributed by atoms with Crippen LogP contribution < -0.4 is 0 Å². The molecule has 1 heterocycles. The Bertz CT molecular complexity index is 646. The van der Waals surface area contributed by atoms with Gasteiger partial charge in [0, 0.05) is 13.0 Å². The number of hydrogen-bond donors (Lipinski definition) is 1. The van der Waals surface area contributed by atoms with Crippen molar-refractivity contribution in [2.75, 3.05) is 0 Å². The fraction of sp³-hybridized carbons (Fsp3) is 0.471. The molecule has 4 heteroatoms. The number of aryl methyl sites for hydroxylation is 2. The number of benzene rings is 1. The van der Waals surface area contributed by atoms with Crippen LogP contribution in [0.5, 0.6) is 0 Å². The fourth-order valence-corrected chi connectivity index (χ4v) is 3.38. The summed E-state index contributed by atoms with van der Waals surface area (Å²) in [5, 5.41) is 15.2. The zero-order valence-corrected chi connectivity index (χ0v) is 14.1. The highest BCUT2D eigenvalue weighted by Crippen LogP contribution is 2.43. The minimum atomic E-state index is -0.473. The summed E-state index contributed by atoms with van der Waals surface area (Å²) in [6.07, 6.45) is 2.62. The molecule has 1 unspecified atom stereocenters. The van der Waals surface area contributed by atoms with Crippen LogP contribution in [0.4, 0.5) is 0 Å². The van der Waals surface area contributed by atoms with Crippen molar-refractivity contribution in [3.05, 3.63) is 51.3 Å². The van der Waals surface area contributed by atoms with E-state index in [-0.39, 0.29) is 0 Å². The molecule has 0 bridgehead atoms. The number of aliphatic hydroxyl groups is 1. The summed E-state index contributed by atoms with van der Waals surface area (Å²) in [5.74, 6) is 0.650. The molecule has 3 nitrogen and oxygen atoms in total. The molecule has 1 aromatic heterocycles. The molecule has 0 radical (unpaired) electrons. The van der Waals surface area contributed by atoms with Crippen LogP contribution in [0.25, 0.3) is 0 Å². The molecular formula is C17H21BrN2O. The monoisotopic (exact) mass is 348 g/mol. The van der Waals surface area contributed by atoms with Crippen LogP contribution in [0, 0.1) is 6.92 Å². The molecule has 1 N–H and O–H groups in total. The van der Waals surface area contributed by atoms with Gasteiger partial charge in [0.1, 0.15) is 0 Å². The SMILES string of the molecule is CCn1nc(C)c(Br)c1CC(O)c1ccccc1C1CC1. The maximum Gasteiger partial charge on any atom is 0.0848 e. The van der Waals surface area contributed by atoms with Gasteiger partial charge in [-0.1, -0.05) is 24.3 Å². The zero-order valence-electron chi connectivity index (χ0n) is 12.5. The summed E-state index contributed by atoms with van der Waals surface area (Å²) >= 11 is 3.61. The van der Waals surface area contributed by atoms with E-state index in [1.165, 1.54) is 18.4 Å². The summed E-state index contributed by atoms with van der Waals surface area (Å²) in [5.41, 5.74) is 4.46. The van der Waals surface area contributed by atoms with Gasteiger partial charge in [0.15, 0.2) is 0 Å². The molecule has 0 amide bonds. The van der Waals surface area contributed by atoms with Gasteiger partial charge in [-0.25, -0.2) is 0 Å². The maximum atomic E-state index is 10.7. The quantitative estimate of drug-likeness (QED) is 0.882. The van der Waals surface area contributed by atoms with Gasteiger partial charge < -0.3 is 5.11 Å². The van der Waals surface area contributed by atoms with Crippen LogP contribution in [0.3, 0.4) is 0 Å². The highest BCUT2D eigenvalue weighted by Gasteiger charge is 2.28. The highest BCUT2D eigenvalue weighted by atomic mass is 79.9. The van der Waals surface area contributed by atoms with E-state index in [1.807, 2.05) is 17.7 Å². The standard InChI is InChI=1S/C17H21BrN2O/c1-3-20-15(17(18)11(2)19-20)10-16(21)14-7-5-4-6-13(14)12-8-9-12/h4-7,12,16,21H,3,8-10H2,1-2H3. The van der Waals surface area contributed by atoms with Crippen LogP contribution in [-0.4, -0.2) is 14.9 Å². The second kappa shape index (κ2) is 5.93. The second-order valence-corrected chi connectivity index (χ2v) is 6.58. The molecular weight excluding hydrogens is 328 g/mol. The van der Waals surface area contributed by atoms with Crippen molar-refractivity contribution in [1.29, 1.82) is 0 Å². The van der Waals surface area contributed by atoms with Gasteiger partial charge in [-0.05, 0) is 59.7 Å². The van der Waals surface area contributed by atoms with E-state index in [0.717, 1.165) is 28.0 Å².